The fourth-order valence-corrected chi connectivity index (χ4v) is 5.50. The molecule has 3 aromatic heterocycles. The number of aromatic nitrogens is 7. The third kappa shape index (κ3) is 4.84. The monoisotopic (exact) mass is 525 g/mol. The Kier molecular flexibility index (Phi) is 7.29. The molecule has 11 nitrogen and oxygen atoms in total. The molecule has 0 saturated heterocycles. The van der Waals surface area contributed by atoms with Gasteiger partial charge in [-0.3, -0.25) is 4.57 Å². The Labute approximate surface area is 207 Å². The average Bonchev–Trinajstić information content (AvgIpc) is 3.20. The van der Waals surface area contributed by atoms with Crippen LogP contribution in [0.4, 0.5) is 4.39 Å². The van der Waals surface area contributed by atoms with Crippen LogP contribution in [-0.4, -0.2) is 68.8 Å². The molecule has 1 fully saturated rings. The highest BCUT2D eigenvalue weighted by molar-refractivity contribution is 7.91. The molecule has 0 unspecified atom stereocenters. The topological polar surface area (TPSA) is 135 Å². The summed E-state index contributed by atoms with van der Waals surface area (Å²) in [5, 5.41) is 7.60. The minimum atomic E-state index is -3.90. The summed E-state index contributed by atoms with van der Waals surface area (Å²) in [4.78, 5) is 16.6. The van der Waals surface area contributed by atoms with Crippen LogP contribution in [0.25, 0.3) is 5.69 Å². The molecular formula is C21H25ClFN7O4S. The molecule has 14 heteroatoms. The Bertz CT molecular complexity index is 1310. The first-order chi connectivity index (χ1) is 16.7. The lowest BCUT2D eigenvalue weighted by atomic mass is 9.82. The van der Waals surface area contributed by atoms with Gasteiger partial charge in [-0.05, 0) is 26.7 Å². The van der Waals surface area contributed by atoms with E-state index in [1.54, 1.807) is 6.92 Å². The summed E-state index contributed by atoms with van der Waals surface area (Å²) < 4.78 is 53.8. The number of hydrogen-bond donors (Lipinski definition) is 0. The minimum Gasteiger partial charge on any atom is -0.479 e. The van der Waals surface area contributed by atoms with Crippen LogP contribution in [0.1, 0.15) is 55.0 Å². The van der Waals surface area contributed by atoms with Gasteiger partial charge in [0.1, 0.15) is 35.9 Å². The SMILES string of the molecule is COc1ncnc(C)c1-n1c(CS(=O)(=O)[C@@H](C)[C@H](OC)c2ncc(Cl)cn2)nnc1[C@H]1CC[C@H]1F. The summed E-state index contributed by atoms with van der Waals surface area (Å²) in [6.45, 7) is 3.22. The first-order valence-electron chi connectivity index (χ1n) is 10.8. The number of halogens is 2. The summed E-state index contributed by atoms with van der Waals surface area (Å²) in [7, 11) is -1.08. The Morgan fingerprint density at radius 3 is 2.46 bits per heavy atom. The Balaban J connectivity index is 1.76. The van der Waals surface area contributed by atoms with Crippen molar-refractivity contribution in [2.75, 3.05) is 14.2 Å². The number of aryl methyl sites for hydroxylation is 1. The summed E-state index contributed by atoms with van der Waals surface area (Å²) in [5.41, 5.74) is 0.875. The van der Waals surface area contributed by atoms with E-state index in [0.29, 0.717) is 35.1 Å². The van der Waals surface area contributed by atoms with Crippen molar-refractivity contribution in [2.24, 2.45) is 0 Å². The van der Waals surface area contributed by atoms with Gasteiger partial charge in [-0.15, -0.1) is 10.2 Å². The molecule has 1 saturated carbocycles. The second kappa shape index (κ2) is 10.1. The van der Waals surface area contributed by atoms with Crippen LogP contribution in [0.3, 0.4) is 0 Å². The normalized spacial score (nSPS) is 19.7. The van der Waals surface area contributed by atoms with Gasteiger partial charge in [0, 0.05) is 19.5 Å². The first kappa shape index (κ1) is 25.3. The van der Waals surface area contributed by atoms with Crippen LogP contribution in [0.5, 0.6) is 5.88 Å². The van der Waals surface area contributed by atoms with E-state index >= 15 is 0 Å². The zero-order valence-corrected chi connectivity index (χ0v) is 21.2. The maximum absolute atomic E-state index is 14.4. The molecular weight excluding hydrogens is 501 g/mol. The maximum Gasteiger partial charge on any atom is 0.241 e. The molecule has 3 heterocycles. The van der Waals surface area contributed by atoms with Crippen molar-refractivity contribution in [3.8, 4) is 11.6 Å². The molecule has 0 spiro atoms. The van der Waals surface area contributed by atoms with Crippen LogP contribution in [0.2, 0.25) is 5.02 Å². The fourth-order valence-electron chi connectivity index (χ4n) is 3.99. The number of alkyl halides is 1. The van der Waals surface area contributed by atoms with Crippen molar-refractivity contribution < 1.29 is 22.3 Å². The van der Waals surface area contributed by atoms with Crippen LogP contribution in [0, 0.1) is 6.92 Å². The summed E-state index contributed by atoms with van der Waals surface area (Å²) in [5.74, 6) is -0.246. The van der Waals surface area contributed by atoms with E-state index in [1.165, 1.54) is 44.4 Å². The van der Waals surface area contributed by atoms with Gasteiger partial charge in [0.2, 0.25) is 5.88 Å². The molecule has 4 atom stereocenters. The van der Waals surface area contributed by atoms with Gasteiger partial charge in [-0.2, -0.15) is 4.98 Å². The van der Waals surface area contributed by atoms with Crippen molar-refractivity contribution in [2.45, 2.75) is 55.9 Å². The molecule has 0 aromatic carbocycles. The van der Waals surface area contributed by atoms with E-state index < -0.39 is 39.0 Å². The number of ether oxygens (including phenoxy) is 2. The molecule has 0 radical (unpaired) electrons. The van der Waals surface area contributed by atoms with E-state index in [0.717, 1.165) is 0 Å². The lowest BCUT2D eigenvalue weighted by Gasteiger charge is -2.30. The Hall–Kier alpha value is -2.77. The fraction of sp³-hybridized carbons (Fsp3) is 0.524. The first-order valence-corrected chi connectivity index (χ1v) is 12.9. The van der Waals surface area contributed by atoms with E-state index in [1.807, 2.05) is 0 Å². The quantitative estimate of drug-likeness (QED) is 0.410. The molecule has 0 bridgehead atoms. The predicted octanol–water partition coefficient (Wildman–Crippen LogP) is 2.72. The zero-order chi connectivity index (χ0) is 25.3. The number of methoxy groups -OCH3 is 2. The third-order valence-electron chi connectivity index (χ3n) is 6.14. The molecule has 1 aliphatic rings. The number of nitrogens with zero attached hydrogens (tertiary/aromatic N) is 7. The van der Waals surface area contributed by atoms with Gasteiger partial charge in [-0.25, -0.2) is 27.8 Å². The van der Waals surface area contributed by atoms with Crippen molar-refractivity contribution in [1.29, 1.82) is 0 Å². The molecule has 1 aliphatic carbocycles. The lowest BCUT2D eigenvalue weighted by molar-refractivity contribution is 0.0948. The smallest absolute Gasteiger partial charge is 0.241 e. The van der Waals surface area contributed by atoms with Gasteiger partial charge >= 0.3 is 0 Å². The molecule has 0 aliphatic heterocycles. The molecule has 0 N–H and O–H groups in total. The van der Waals surface area contributed by atoms with Gasteiger partial charge in [0.25, 0.3) is 0 Å². The van der Waals surface area contributed by atoms with Crippen LogP contribution in [-0.2, 0) is 20.3 Å². The van der Waals surface area contributed by atoms with Gasteiger partial charge in [0.15, 0.2) is 21.5 Å². The van der Waals surface area contributed by atoms with E-state index in [2.05, 4.69) is 30.1 Å². The second-order valence-corrected chi connectivity index (χ2v) is 11.0. The summed E-state index contributed by atoms with van der Waals surface area (Å²) >= 11 is 5.86. The van der Waals surface area contributed by atoms with Crippen molar-refractivity contribution in [3.63, 3.8) is 0 Å². The van der Waals surface area contributed by atoms with E-state index in [4.69, 9.17) is 21.1 Å². The molecule has 35 heavy (non-hydrogen) atoms. The molecule has 0 amide bonds. The summed E-state index contributed by atoms with van der Waals surface area (Å²) in [6.07, 6.45) is 2.99. The van der Waals surface area contributed by atoms with Crippen LogP contribution >= 0.6 is 11.6 Å². The van der Waals surface area contributed by atoms with Gasteiger partial charge in [0.05, 0.1) is 29.0 Å². The predicted molar refractivity (Wildman–Crippen MR) is 124 cm³/mol. The van der Waals surface area contributed by atoms with Crippen LogP contribution in [0.15, 0.2) is 18.7 Å². The maximum atomic E-state index is 14.4. The minimum absolute atomic E-state index is 0.0917. The highest BCUT2D eigenvalue weighted by Crippen LogP contribution is 2.41. The number of rotatable bonds is 9. The zero-order valence-electron chi connectivity index (χ0n) is 19.6. The largest absolute Gasteiger partial charge is 0.479 e. The Morgan fingerprint density at radius 2 is 1.89 bits per heavy atom. The van der Waals surface area contributed by atoms with Crippen molar-refractivity contribution in [3.05, 3.63) is 46.9 Å². The highest BCUT2D eigenvalue weighted by atomic mass is 35.5. The van der Waals surface area contributed by atoms with Crippen molar-refractivity contribution >= 4 is 21.4 Å². The van der Waals surface area contributed by atoms with Gasteiger partial charge in [-0.1, -0.05) is 11.6 Å². The average molecular weight is 526 g/mol. The number of hydrogen-bond acceptors (Lipinski definition) is 10. The number of sulfone groups is 1. The standard InChI is InChI=1S/C21H25ClFN7O4S/c1-11-17(21(34-4)27-10-26-11)30-16(28-29-20(30)14-5-6-15(14)23)9-35(31,32)12(2)18(33-3)19-24-7-13(22)8-25-19/h7-8,10,12,14-15,18H,5-6,9H2,1-4H3/t12-,14-,15+,18-/m0/s1. The third-order valence-corrected chi connectivity index (χ3v) is 8.37. The molecule has 4 rings (SSSR count). The molecule has 188 valence electrons. The Morgan fingerprint density at radius 1 is 1.17 bits per heavy atom. The lowest BCUT2D eigenvalue weighted by Crippen LogP contribution is -2.31. The van der Waals surface area contributed by atoms with Crippen molar-refractivity contribution in [1.82, 2.24) is 34.7 Å². The molecule has 3 aromatic rings. The summed E-state index contributed by atoms with van der Waals surface area (Å²) in [6, 6.07) is 0. The second-order valence-electron chi connectivity index (χ2n) is 8.25. The van der Waals surface area contributed by atoms with E-state index in [-0.39, 0.29) is 17.5 Å². The van der Waals surface area contributed by atoms with Crippen LogP contribution < -0.4 is 4.74 Å². The van der Waals surface area contributed by atoms with E-state index in [9.17, 15) is 12.8 Å². The highest BCUT2D eigenvalue weighted by Gasteiger charge is 2.40. The van der Waals surface area contributed by atoms with Gasteiger partial charge < -0.3 is 9.47 Å².